The number of ether oxygens (including phenoxy) is 1. The summed E-state index contributed by atoms with van der Waals surface area (Å²) in [6.07, 6.45) is 0. The molecule has 0 saturated heterocycles. The quantitative estimate of drug-likeness (QED) is 0.352. The van der Waals surface area contributed by atoms with Crippen molar-refractivity contribution in [3.05, 3.63) is 11.3 Å². The van der Waals surface area contributed by atoms with Gasteiger partial charge < -0.3 is 0 Å². The van der Waals surface area contributed by atoms with E-state index in [1.807, 2.05) is 0 Å². The molecule has 5 nitrogen and oxygen atoms in total. The van der Waals surface area contributed by atoms with Crippen LogP contribution >= 0.6 is 0 Å². The molecule has 0 fully saturated rings. The van der Waals surface area contributed by atoms with Crippen LogP contribution in [0.25, 0.3) is 0 Å². The number of carbonyl (C=O) groups excluding carboxylic acids is 2. The van der Waals surface area contributed by atoms with Crippen molar-refractivity contribution >= 4 is 47.0 Å². The molecule has 0 bridgehead atoms. The molecular formula is C5H3NaO5Se. The first kappa shape index (κ1) is 10.1. The van der Waals surface area contributed by atoms with E-state index in [-0.39, 0.29) is 11.3 Å². The maximum atomic E-state index is 10.8. The molecular weight excluding hydrogens is 242 g/mol. The van der Waals surface area contributed by atoms with E-state index in [1.54, 1.807) is 0 Å². The monoisotopic (exact) mass is 246 g/mol. The summed E-state index contributed by atoms with van der Waals surface area (Å²) in [5.74, 6) is -1.74. The zero-order valence-electron chi connectivity index (χ0n) is 6.45. The fourth-order valence-corrected chi connectivity index (χ4v) is 2.43. The van der Waals surface area contributed by atoms with Gasteiger partial charge >= 0.3 is 87.3 Å². The summed E-state index contributed by atoms with van der Waals surface area (Å²) < 4.78 is 19.6. The molecule has 12 heavy (non-hydrogen) atoms. The third kappa shape index (κ3) is 2.02. The van der Waals surface area contributed by atoms with Crippen LogP contribution in [0.3, 0.4) is 0 Å². The summed E-state index contributed by atoms with van der Waals surface area (Å²) >= 11 is 0.373. The molecule has 1 unspecified atom stereocenters. The van der Waals surface area contributed by atoms with Gasteiger partial charge in [0, 0.05) is 0 Å². The van der Waals surface area contributed by atoms with E-state index in [0.717, 1.165) is 0 Å². The van der Waals surface area contributed by atoms with Crippen molar-refractivity contribution in [3.63, 3.8) is 0 Å². The molecule has 0 aliphatic carbocycles. The van der Waals surface area contributed by atoms with Crippen molar-refractivity contribution in [1.82, 2.24) is 0 Å². The second-order valence-electron chi connectivity index (χ2n) is 2.12. The van der Waals surface area contributed by atoms with Crippen LogP contribution in [0.4, 0.5) is 0 Å². The van der Waals surface area contributed by atoms with Gasteiger partial charge in [-0.2, -0.15) is 0 Å². The maximum absolute atomic E-state index is 10.8. The molecule has 1 atom stereocenters. The SMILES string of the molecule is CC1=C(O[Se](=O)[Na])C(=O)OC1=O. The third-order valence-electron chi connectivity index (χ3n) is 1.22. The topological polar surface area (TPSA) is 69.7 Å². The van der Waals surface area contributed by atoms with Gasteiger partial charge in [-0.3, -0.25) is 0 Å². The fourth-order valence-electron chi connectivity index (χ4n) is 0.667. The molecule has 1 rings (SSSR count). The minimum absolute atomic E-state index is 0.0976. The first-order valence-electron chi connectivity index (χ1n) is 3.01. The summed E-state index contributed by atoms with van der Waals surface area (Å²) in [6, 6.07) is 0. The molecule has 0 N–H and O–H groups in total. The van der Waals surface area contributed by atoms with E-state index in [2.05, 4.69) is 4.74 Å². The van der Waals surface area contributed by atoms with Gasteiger partial charge in [0.1, 0.15) is 0 Å². The Balaban J connectivity index is 2.93. The summed E-state index contributed by atoms with van der Waals surface area (Å²) in [5.41, 5.74) is 0.0976. The Morgan fingerprint density at radius 1 is 1.42 bits per heavy atom. The van der Waals surface area contributed by atoms with Crippen molar-refractivity contribution in [2.75, 3.05) is 0 Å². The Labute approximate surface area is 86.8 Å². The van der Waals surface area contributed by atoms with Crippen molar-refractivity contribution in [3.8, 4) is 0 Å². The molecule has 1 aliphatic heterocycles. The Morgan fingerprint density at radius 2 is 2.00 bits per heavy atom. The number of hydrogen-bond donors (Lipinski definition) is 0. The van der Waals surface area contributed by atoms with Crippen molar-refractivity contribution < 1.29 is 22.0 Å². The molecule has 0 aromatic carbocycles. The molecule has 7 heteroatoms. The molecule has 60 valence electrons. The van der Waals surface area contributed by atoms with Gasteiger partial charge in [-0.15, -0.1) is 0 Å². The van der Waals surface area contributed by atoms with Crippen molar-refractivity contribution in [2.45, 2.75) is 6.92 Å². The first-order valence-corrected chi connectivity index (χ1v) is 10.4. The van der Waals surface area contributed by atoms with Crippen molar-refractivity contribution in [1.29, 1.82) is 0 Å². The summed E-state index contributed by atoms with van der Waals surface area (Å²) in [7, 11) is -2.33. The Bertz CT molecular complexity index is 307. The average Bonchev–Trinajstić information content (AvgIpc) is 2.16. The van der Waals surface area contributed by atoms with E-state index in [1.165, 1.54) is 6.92 Å². The standard InChI is InChI=1S/C5H3O5Se.Na/c1-2-3(10-11-8)5(7)9-4(2)6;/h1H3;/q+1;-1. The Kier molecular flexibility index (Phi) is 3.20. The van der Waals surface area contributed by atoms with E-state index in [0.29, 0.717) is 25.4 Å². The number of hydrogen-bond acceptors (Lipinski definition) is 5. The van der Waals surface area contributed by atoms with Crippen LogP contribution in [0.1, 0.15) is 6.92 Å². The fraction of sp³-hybridized carbons (Fsp3) is 0.200. The van der Waals surface area contributed by atoms with Crippen LogP contribution < -0.4 is 0 Å². The second kappa shape index (κ2) is 3.81. The zero-order valence-corrected chi connectivity index (χ0v) is 10.2. The third-order valence-corrected chi connectivity index (χ3v) is 2.93. The van der Waals surface area contributed by atoms with Gasteiger partial charge in [-0.25, -0.2) is 0 Å². The van der Waals surface area contributed by atoms with Crippen LogP contribution in [0.2, 0.25) is 0 Å². The second-order valence-corrected chi connectivity index (χ2v) is 7.61. The number of cyclic esters (lactones) is 2. The summed E-state index contributed by atoms with van der Waals surface area (Å²) in [5, 5.41) is 0. The molecule has 0 aromatic heterocycles. The Morgan fingerprint density at radius 3 is 2.33 bits per heavy atom. The number of carbonyl (C=O) groups is 2. The first-order chi connectivity index (χ1) is 5.52. The predicted octanol–water partition coefficient (Wildman–Crippen LogP) is -1.06. The van der Waals surface area contributed by atoms with Gasteiger partial charge in [-0.1, -0.05) is 0 Å². The zero-order chi connectivity index (χ0) is 9.30. The van der Waals surface area contributed by atoms with Crippen LogP contribution in [-0.4, -0.2) is 47.0 Å². The molecule has 0 amide bonds. The van der Waals surface area contributed by atoms with Gasteiger partial charge in [0.2, 0.25) is 0 Å². The van der Waals surface area contributed by atoms with E-state index in [9.17, 15) is 13.4 Å². The molecule has 0 aromatic rings. The van der Waals surface area contributed by atoms with E-state index < -0.39 is 21.7 Å². The molecule has 1 aliphatic rings. The summed E-state index contributed by atoms with van der Waals surface area (Å²) in [6.45, 7) is 1.40. The molecule has 1 heterocycles. The van der Waals surface area contributed by atoms with Gasteiger partial charge in [0.15, 0.2) is 0 Å². The van der Waals surface area contributed by atoms with E-state index in [4.69, 9.17) is 3.82 Å². The predicted molar refractivity (Wildman–Crippen MR) is 37.1 cm³/mol. The number of esters is 2. The van der Waals surface area contributed by atoms with Crippen LogP contribution in [0.5, 0.6) is 0 Å². The van der Waals surface area contributed by atoms with Crippen LogP contribution in [-0.2, 0) is 22.0 Å². The number of rotatable bonds is 2. The molecule has 0 radical (unpaired) electrons. The van der Waals surface area contributed by atoms with Gasteiger partial charge in [0.05, 0.1) is 0 Å². The van der Waals surface area contributed by atoms with Gasteiger partial charge in [0.25, 0.3) is 0 Å². The Hall–Kier alpha value is -0.000519. The average molecular weight is 245 g/mol. The van der Waals surface area contributed by atoms with Crippen LogP contribution in [0, 0.1) is 0 Å². The summed E-state index contributed by atoms with van der Waals surface area (Å²) in [4.78, 5) is 21.5. The minimum atomic E-state index is -2.33. The molecule has 0 saturated carbocycles. The van der Waals surface area contributed by atoms with Gasteiger partial charge in [-0.05, 0) is 0 Å². The van der Waals surface area contributed by atoms with Crippen LogP contribution in [0.15, 0.2) is 11.3 Å². The normalized spacial score (nSPS) is 19.6. The molecule has 0 spiro atoms. The van der Waals surface area contributed by atoms with Crippen molar-refractivity contribution in [2.24, 2.45) is 0 Å². The van der Waals surface area contributed by atoms with E-state index >= 15 is 0 Å².